The van der Waals surface area contributed by atoms with Crippen molar-refractivity contribution in [3.05, 3.63) is 109 Å². The number of carbonyl (C=O) groups is 2. The lowest BCUT2D eigenvalue weighted by molar-refractivity contribution is -0.112. The minimum atomic E-state index is -1.01. The van der Waals surface area contributed by atoms with Crippen molar-refractivity contribution in [3.63, 3.8) is 0 Å². The van der Waals surface area contributed by atoms with Gasteiger partial charge in [-0.2, -0.15) is 0 Å². The molecule has 0 aliphatic heterocycles. The Bertz CT molecular complexity index is 1500. The molecule has 0 unspecified atom stereocenters. The Labute approximate surface area is 238 Å². The van der Waals surface area contributed by atoms with E-state index in [-0.39, 0.29) is 19.8 Å². The molecule has 0 bridgehead atoms. The van der Waals surface area contributed by atoms with Crippen LogP contribution in [0, 0.1) is 0 Å². The number of ether oxygens (including phenoxy) is 3. The number of aliphatic hydroxyl groups is 1. The van der Waals surface area contributed by atoms with Crippen molar-refractivity contribution in [1.82, 2.24) is 0 Å². The van der Waals surface area contributed by atoms with E-state index >= 15 is 0 Å². The van der Waals surface area contributed by atoms with Gasteiger partial charge in [-0.1, -0.05) is 66.7 Å². The molecule has 0 saturated heterocycles. The molecule has 9 heteroatoms. The van der Waals surface area contributed by atoms with Gasteiger partial charge in [0.15, 0.2) is 6.10 Å². The fourth-order valence-electron chi connectivity index (χ4n) is 4.30. The minimum absolute atomic E-state index is 0.0436. The van der Waals surface area contributed by atoms with Gasteiger partial charge >= 0.3 is 6.09 Å². The smallest absolute Gasteiger partial charge is 0.412 e. The maximum absolute atomic E-state index is 13.3. The molecule has 0 fully saturated rings. The van der Waals surface area contributed by atoms with Crippen molar-refractivity contribution in [1.29, 1.82) is 0 Å². The molecule has 212 valence electrons. The topological polar surface area (TPSA) is 132 Å². The van der Waals surface area contributed by atoms with E-state index in [9.17, 15) is 14.7 Å². The standard InChI is InChI=1S/C32H33N3O6/c1-2-39-29(18-19-30(37)34-27-15-7-6-14-25(27)33)31(24-13-5-8-17-28(24)40-21-20-36)41-32(38)35-26-16-9-11-22-10-3-4-12-23(22)26/h3-19,29,31,36H,2,20-21,33H2,1H3,(H,34,37)(H,35,38)/b19-18+/t29-,31-/m0/s1. The summed E-state index contributed by atoms with van der Waals surface area (Å²) in [6, 6.07) is 27.2. The maximum atomic E-state index is 13.3. The molecule has 0 aliphatic rings. The van der Waals surface area contributed by atoms with Gasteiger partial charge in [-0.3, -0.25) is 10.1 Å². The fraction of sp³-hybridized carbons (Fsp3) is 0.188. The molecule has 4 rings (SSSR count). The van der Waals surface area contributed by atoms with Gasteiger partial charge in [0.05, 0.1) is 23.7 Å². The summed E-state index contributed by atoms with van der Waals surface area (Å²) in [6.45, 7) is 1.92. The molecule has 9 nitrogen and oxygen atoms in total. The predicted molar refractivity (Wildman–Crippen MR) is 160 cm³/mol. The first-order valence-corrected chi connectivity index (χ1v) is 13.2. The first-order chi connectivity index (χ1) is 20.0. The van der Waals surface area contributed by atoms with Crippen molar-refractivity contribution >= 4 is 39.8 Å². The Morgan fingerprint density at radius 2 is 1.61 bits per heavy atom. The summed E-state index contributed by atoms with van der Waals surface area (Å²) >= 11 is 0. The third-order valence-corrected chi connectivity index (χ3v) is 6.15. The highest BCUT2D eigenvalue weighted by molar-refractivity contribution is 6.01. The highest BCUT2D eigenvalue weighted by Gasteiger charge is 2.29. The van der Waals surface area contributed by atoms with Crippen LogP contribution in [-0.4, -0.2) is 43.0 Å². The van der Waals surface area contributed by atoms with Crippen LogP contribution >= 0.6 is 0 Å². The lowest BCUT2D eigenvalue weighted by Crippen LogP contribution is -2.28. The van der Waals surface area contributed by atoms with Gasteiger partial charge in [0.25, 0.3) is 0 Å². The lowest BCUT2D eigenvalue weighted by atomic mass is 10.0. The second-order valence-electron chi connectivity index (χ2n) is 8.94. The number of carbonyl (C=O) groups excluding carboxylic acids is 2. The average Bonchev–Trinajstić information content (AvgIpc) is 2.99. The van der Waals surface area contributed by atoms with Crippen molar-refractivity contribution in [3.8, 4) is 5.75 Å². The number of nitrogens with two attached hydrogens (primary N) is 1. The number of fused-ring (bicyclic) bond motifs is 1. The SMILES string of the molecule is CCO[C@@H](/C=C/C(=O)Nc1ccccc1N)[C@@H](OC(=O)Nc1cccc2ccccc12)c1ccccc1OCCO. The quantitative estimate of drug-likeness (QED) is 0.131. The van der Waals surface area contributed by atoms with Gasteiger partial charge in [-0.15, -0.1) is 0 Å². The zero-order chi connectivity index (χ0) is 29.0. The van der Waals surface area contributed by atoms with E-state index in [0.29, 0.717) is 28.4 Å². The van der Waals surface area contributed by atoms with Crippen molar-refractivity contribution in [2.75, 3.05) is 36.2 Å². The highest BCUT2D eigenvalue weighted by atomic mass is 16.6. The van der Waals surface area contributed by atoms with Gasteiger partial charge in [0, 0.05) is 23.6 Å². The van der Waals surface area contributed by atoms with Gasteiger partial charge in [-0.05, 0) is 42.7 Å². The predicted octanol–water partition coefficient (Wildman–Crippen LogP) is 5.68. The Morgan fingerprint density at radius 3 is 2.41 bits per heavy atom. The highest BCUT2D eigenvalue weighted by Crippen LogP contribution is 2.33. The number of nitrogens with one attached hydrogen (secondary N) is 2. The number of rotatable bonds is 12. The molecule has 0 aliphatic carbocycles. The summed E-state index contributed by atoms with van der Waals surface area (Å²) in [6.07, 6.45) is 0.240. The molecule has 0 saturated carbocycles. The third-order valence-electron chi connectivity index (χ3n) is 6.15. The van der Waals surface area contributed by atoms with Crippen LogP contribution in [0.1, 0.15) is 18.6 Å². The normalized spacial score (nSPS) is 12.5. The maximum Gasteiger partial charge on any atom is 0.412 e. The first kappa shape index (κ1) is 29.1. The number of para-hydroxylation sites is 3. The number of hydrogen-bond donors (Lipinski definition) is 4. The molecule has 4 aromatic carbocycles. The van der Waals surface area contributed by atoms with E-state index < -0.39 is 24.2 Å². The van der Waals surface area contributed by atoms with Gasteiger partial charge in [0.2, 0.25) is 5.91 Å². The molecular formula is C32H33N3O6. The summed E-state index contributed by atoms with van der Waals surface area (Å²) in [4.78, 5) is 26.1. The number of nitrogen functional groups attached to an aromatic ring is 1. The number of amides is 2. The van der Waals surface area contributed by atoms with Crippen LogP contribution in [-0.2, 0) is 14.3 Å². The number of anilines is 3. The van der Waals surface area contributed by atoms with E-state index in [1.807, 2.05) is 36.4 Å². The minimum Gasteiger partial charge on any atom is -0.491 e. The summed E-state index contributed by atoms with van der Waals surface area (Å²) in [5, 5.41) is 16.7. The van der Waals surface area contributed by atoms with Crippen LogP contribution in [0.15, 0.2) is 103 Å². The molecule has 41 heavy (non-hydrogen) atoms. The average molecular weight is 556 g/mol. The second-order valence-corrected chi connectivity index (χ2v) is 8.94. The molecule has 2 amide bonds. The molecule has 0 heterocycles. The molecule has 0 radical (unpaired) electrons. The summed E-state index contributed by atoms with van der Waals surface area (Å²) in [5.74, 6) is -0.0273. The Morgan fingerprint density at radius 1 is 0.902 bits per heavy atom. The van der Waals surface area contributed by atoms with Gasteiger partial charge < -0.3 is 30.4 Å². The van der Waals surface area contributed by atoms with Crippen LogP contribution in [0.5, 0.6) is 5.75 Å². The van der Waals surface area contributed by atoms with E-state index in [1.54, 1.807) is 61.5 Å². The molecule has 2 atom stereocenters. The summed E-state index contributed by atoms with van der Waals surface area (Å²) < 4.78 is 17.7. The third kappa shape index (κ3) is 7.84. The van der Waals surface area contributed by atoms with Crippen molar-refractivity contribution in [2.45, 2.75) is 19.1 Å². The zero-order valence-electron chi connectivity index (χ0n) is 22.7. The zero-order valence-corrected chi connectivity index (χ0v) is 22.7. The largest absolute Gasteiger partial charge is 0.491 e. The van der Waals surface area contributed by atoms with E-state index in [2.05, 4.69) is 10.6 Å². The molecule has 5 N–H and O–H groups in total. The van der Waals surface area contributed by atoms with Crippen LogP contribution in [0.2, 0.25) is 0 Å². The van der Waals surface area contributed by atoms with Crippen LogP contribution in [0.25, 0.3) is 10.8 Å². The van der Waals surface area contributed by atoms with Crippen molar-refractivity contribution in [2.24, 2.45) is 0 Å². The molecule has 4 aromatic rings. The lowest BCUT2D eigenvalue weighted by Gasteiger charge is -2.27. The fourth-order valence-corrected chi connectivity index (χ4v) is 4.30. The van der Waals surface area contributed by atoms with E-state index in [1.165, 1.54) is 12.2 Å². The molecule has 0 aromatic heterocycles. The molecular weight excluding hydrogens is 522 g/mol. The van der Waals surface area contributed by atoms with Crippen LogP contribution in [0.4, 0.5) is 21.9 Å². The first-order valence-electron chi connectivity index (χ1n) is 13.2. The Balaban J connectivity index is 1.63. The Kier molecular flexibility index (Phi) is 10.3. The van der Waals surface area contributed by atoms with Crippen molar-refractivity contribution < 1.29 is 28.9 Å². The van der Waals surface area contributed by atoms with Crippen LogP contribution < -0.4 is 21.1 Å². The summed E-state index contributed by atoms with van der Waals surface area (Å²) in [7, 11) is 0. The monoisotopic (exact) mass is 555 g/mol. The summed E-state index contributed by atoms with van der Waals surface area (Å²) in [5.41, 5.74) is 7.93. The second kappa shape index (κ2) is 14.5. The number of hydrogen-bond acceptors (Lipinski definition) is 7. The Hall–Kier alpha value is -4.86. The number of aliphatic hydroxyl groups excluding tert-OH is 1. The number of benzene rings is 4. The van der Waals surface area contributed by atoms with E-state index in [4.69, 9.17) is 19.9 Å². The van der Waals surface area contributed by atoms with E-state index in [0.717, 1.165) is 10.8 Å². The van der Waals surface area contributed by atoms with Gasteiger partial charge in [-0.25, -0.2) is 4.79 Å². The molecule has 0 spiro atoms. The van der Waals surface area contributed by atoms with Gasteiger partial charge in [0.1, 0.15) is 18.5 Å². The van der Waals surface area contributed by atoms with Crippen LogP contribution in [0.3, 0.4) is 0 Å².